The van der Waals surface area contributed by atoms with E-state index in [0.717, 1.165) is 32.4 Å². The van der Waals surface area contributed by atoms with Crippen molar-refractivity contribution in [1.82, 2.24) is 5.32 Å². The van der Waals surface area contributed by atoms with Gasteiger partial charge in [-0.15, -0.1) is 0 Å². The molecule has 0 saturated heterocycles. The first kappa shape index (κ1) is 13.3. The fourth-order valence-corrected chi connectivity index (χ4v) is 3.26. The number of rotatable bonds is 5. The molecule has 2 saturated carbocycles. The fraction of sp³-hybridized carbons (Fsp3) is 1.00. The number of hydrogen-bond acceptors (Lipinski definition) is 3. The van der Waals surface area contributed by atoms with E-state index in [1.54, 1.807) is 0 Å². The zero-order valence-electron chi connectivity index (χ0n) is 11.4. The summed E-state index contributed by atoms with van der Waals surface area (Å²) in [6.07, 6.45) is 4.65. The zero-order chi connectivity index (χ0) is 12.5. The average molecular weight is 241 g/mol. The van der Waals surface area contributed by atoms with E-state index < -0.39 is 0 Å². The molecular formula is C14H27NO2. The topological polar surface area (TPSA) is 41.5 Å². The van der Waals surface area contributed by atoms with Crippen LogP contribution in [-0.4, -0.2) is 36.5 Å². The van der Waals surface area contributed by atoms with Crippen molar-refractivity contribution < 1.29 is 9.84 Å². The molecule has 0 heterocycles. The zero-order valence-corrected chi connectivity index (χ0v) is 11.4. The van der Waals surface area contributed by atoms with E-state index in [-0.39, 0.29) is 11.5 Å². The molecule has 2 fully saturated rings. The Morgan fingerprint density at radius 1 is 1.29 bits per heavy atom. The second-order valence-corrected chi connectivity index (χ2v) is 6.29. The fourth-order valence-electron chi connectivity index (χ4n) is 3.26. The predicted octanol–water partition coefficient (Wildman–Crippen LogP) is 1.94. The minimum Gasteiger partial charge on any atom is -0.393 e. The summed E-state index contributed by atoms with van der Waals surface area (Å²) < 4.78 is 5.73. The minimum atomic E-state index is -0.0487. The molecule has 4 unspecified atom stereocenters. The molecule has 0 bridgehead atoms. The first-order valence-corrected chi connectivity index (χ1v) is 7.07. The van der Waals surface area contributed by atoms with Crippen LogP contribution in [0.15, 0.2) is 0 Å². The Bertz CT molecular complexity index is 255. The molecule has 0 amide bonds. The molecule has 3 nitrogen and oxygen atoms in total. The molecule has 2 aliphatic carbocycles. The van der Waals surface area contributed by atoms with Crippen molar-refractivity contribution in [3.8, 4) is 0 Å². The summed E-state index contributed by atoms with van der Waals surface area (Å²) in [5.41, 5.74) is 0.257. The largest absolute Gasteiger partial charge is 0.393 e. The van der Waals surface area contributed by atoms with Crippen LogP contribution in [-0.2, 0) is 4.74 Å². The molecule has 2 aliphatic rings. The minimum absolute atomic E-state index is 0.0487. The summed E-state index contributed by atoms with van der Waals surface area (Å²) in [5.74, 6) is 0.673. The molecule has 0 aromatic carbocycles. The SMILES string of the molecule is CCOC1CC(NCC2CCC(O)C2)C1(C)C. The number of hydrogen-bond donors (Lipinski definition) is 2. The summed E-state index contributed by atoms with van der Waals surface area (Å²) in [6.45, 7) is 8.52. The van der Waals surface area contributed by atoms with Gasteiger partial charge in [0.2, 0.25) is 0 Å². The van der Waals surface area contributed by atoms with Gasteiger partial charge in [0.15, 0.2) is 0 Å². The Balaban J connectivity index is 1.71. The summed E-state index contributed by atoms with van der Waals surface area (Å²) in [6, 6.07) is 0.580. The third-order valence-corrected chi connectivity index (χ3v) is 4.71. The van der Waals surface area contributed by atoms with Gasteiger partial charge >= 0.3 is 0 Å². The van der Waals surface area contributed by atoms with Crippen molar-refractivity contribution >= 4 is 0 Å². The Morgan fingerprint density at radius 2 is 2.06 bits per heavy atom. The standard InChI is InChI=1S/C14H27NO2/c1-4-17-13-8-12(14(13,2)3)15-9-10-5-6-11(16)7-10/h10-13,15-16H,4-9H2,1-3H3. The first-order valence-electron chi connectivity index (χ1n) is 7.07. The molecule has 100 valence electrons. The van der Waals surface area contributed by atoms with Crippen LogP contribution in [0.2, 0.25) is 0 Å². The van der Waals surface area contributed by atoms with Crippen molar-refractivity contribution in [3.05, 3.63) is 0 Å². The number of nitrogens with one attached hydrogen (secondary N) is 1. The molecule has 0 aliphatic heterocycles. The van der Waals surface area contributed by atoms with E-state index in [2.05, 4.69) is 26.1 Å². The molecule has 0 aromatic rings. The van der Waals surface area contributed by atoms with Crippen molar-refractivity contribution in [1.29, 1.82) is 0 Å². The van der Waals surface area contributed by atoms with Crippen LogP contribution in [0.3, 0.4) is 0 Å². The van der Waals surface area contributed by atoms with Crippen LogP contribution in [0.1, 0.15) is 46.5 Å². The van der Waals surface area contributed by atoms with Gasteiger partial charge in [0, 0.05) is 18.1 Å². The average Bonchev–Trinajstić information content (AvgIpc) is 2.68. The van der Waals surface area contributed by atoms with Crippen molar-refractivity contribution in [2.24, 2.45) is 11.3 Å². The van der Waals surface area contributed by atoms with Crippen LogP contribution in [0, 0.1) is 11.3 Å². The highest BCUT2D eigenvalue weighted by molar-refractivity contribution is 5.03. The van der Waals surface area contributed by atoms with Crippen LogP contribution >= 0.6 is 0 Å². The number of aliphatic hydroxyl groups excluding tert-OH is 1. The highest BCUT2D eigenvalue weighted by Crippen LogP contribution is 2.43. The lowest BCUT2D eigenvalue weighted by Crippen LogP contribution is -2.61. The Labute approximate surface area is 105 Å². The quantitative estimate of drug-likeness (QED) is 0.773. The van der Waals surface area contributed by atoms with E-state index in [4.69, 9.17) is 4.74 Å². The van der Waals surface area contributed by atoms with E-state index in [1.807, 2.05) is 0 Å². The molecule has 0 radical (unpaired) electrons. The highest BCUT2D eigenvalue weighted by atomic mass is 16.5. The highest BCUT2D eigenvalue weighted by Gasteiger charge is 2.48. The Hall–Kier alpha value is -0.120. The second kappa shape index (κ2) is 5.25. The number of aliphatic hydroxyl groups is 1. The van der Waals surface area contributed by atoms with Crippen molar-refractivity contribution in [3.63, 3.8) is 0 Å². The maximum Gasteiger partial charge on any atom is 0.0655 e. The van der Waals surface area contributed by atoms with Gasteiger partial charge in [-0.1, -0.05) is 13.8 Å². The molecular weight excluding hydrogens is 214 g/mol. The van der Waals surface area contributed by atoms with Gasteiger partial charge in [-0.05, 0) is 45.1 Å². The van der Waals surface area contributed by atoms with Crippen LogP contribution in [0.5, 0.6) is 0 Å². The lowest BCUT2D eigenvalue weighted by molar-refractivity contribution is -0.114. The molecule has 2 N–H and O–H groups in total. The summed E-state index contributed by atoms with van der Waals surface area (Å²) >= 11 is 0. The first-order chi connectivity index (χ1) is 8.04. The summed E-state index contributed by atoms with van der Waals surface area (Å²) in [4.78, 5) is 0. The van der Waals surface area contributed by atoms with Gasteiger partial charge in [0.1, 0.15) is 0 Å². The summed E-state index contributed by atoms with van der Waals surface area (Å²) in [5, 5.41) is 13.2. The summed E-state index contributed by atoms with van der Waals surface area (Å²) in [7, 11) is 0. The molecule has 0 spiro atoms. The third-order valence-electron chi connectivity index (χ3n) is 4.71. The van der Waals surface area contributed by atoms with Gasteiger partial charge in [-0.3, -0.25) is 0 Å². The monoisotopic (exact) mass is 241 g/mol. The third kappa shape index (κ3) is 2.83. The molecule has 3 heteroatoms. The van der Waals surface area contributed by atoms with E-state index in [1.165, 1.54) is 6.42 Å². The molecule has 4 atom stereocenters. The Kier molecular flexibility index (Phi) is 4.11. The Morgan fingerprint density at radius 3 is 2.59 bits per heavy atom. The van der Waals surface area contributed by atoms with E-state index >= 15 is 0 Å². The second-order valence-electron chi connectivity index (χ2n) is 6.29. The van der Waals surface area contributed by atoms with Gasteiger partial charge in [0.25, 0.3) is 0 Å². The van der Waals surface area contributed by atoms with Crippen molar-refractivity contribution in [2.75, 3.05) is 13.2 Å². The maximum absolute atomic E-state index is 9.50. The predicted molar refractivity (Wildman–Crippen MR) is 69.0 cm³/mol. The lowest BCUT2D eigenvalue weighted by Gasteiger charge is -2.52. The normalized spacial score (nSPS) is 40.2. The van der Waals surface area contributed by atoms with Crippen molar-refractivity contribution in [2.45, 2.75) is 64.7 Å². The maximum atomic E-state index is 9.50. The molecule has 0 aromatic heterocycles. The van der Waals surface area contributed by atoms with Crippen LogP contribution < -0.4 is 5.32 Å². The lowest BCUT2D eigenvalue weighted by atomic mass is 9.64. The molecule has 17 heavy (non-hydrogen) atoms. The molecule has 2 rings (SSSR count). The van der Waals surface area contributed by atoms with Gasteiger partial charge in [-0.2, -0.15) is 0 Å². The van der Waals surface area contributed by atoms with E-state index in [9.17, 15) is 5.11 Å². The van der Waals surface area contributed by atoms with Crippen LogP contribution in [0.4, 0.5) is 0 Å². The van der Waals surface area contributed by atoms with Gasteiger partial charge < -0.3 is 15.2 Å². The van der Waals surface area contributed by atoms with Gasteiger partial charge in [-0.25, -0.2) is 0 Å². The number of ether oxygens (including phenoxy) is 1. The van der Waals surface area contributed by atoms with Gasteiger partial charge in [0.05, 0.1) is 12.2 Å². The van der Waals surface area contributed by atoms with Crippen LogP contribution in [0.25, 0.3) is 0 Å². The van der Waals surface area contributed by atoms with E-state index in [0.29, 0.717) is 18.1 Å². The smallest absolute Gasteiger partial charge is 0.0655 e.